The lowest BCUT2D eigenvalue weighted by Crippen LogP contribution is -2.06. The molecule has 2 N–H and O–H groups in total. The number of hydrogen-bond acceptors (Lipinski definition) is 3. The maximum Gasteiger partial charge on any atom is 0.200 e. The van der Waals surface area contributed by atoms with E-state index in [-0.39, 0.29) is 0 Å². The van der Waals surface area contributed by atoms with Gasteiger partial charge in [-0.3, -0.25) is 4.98 Å². The van der Waals surface area contributed by atoms with Crippen molar-refractivity contribution in [2.24, 2.45) is 0 Å². The van der Waals surface area contributed by atoms with Gasteiger partial charge < -0.3 is 10.3 Å². The average molecular weight is 343 g/mol. The molecule has 0 fully saturated rings. The van der Waals surface area contributed by atoms with Crippen LogP contribution >= 0.6 is 11.6 Å². The largest absolute Gasteiger partial charge is 0.369 e. The minimum absolute atomic E-state index is 0.529. The van der Waals surface area contributed by atoms with Gasteiger partial charge in [0.25, 0.3) is 0 Å². The highest BCUT2D eigenvalue weighted by molar-refractivity contribution is 6.31. The maximum atomic E-state index is 5.97. The molecule has 0 aliphatic carbocycles. The van der Waals surface area contributed by atoms with Crippen molar-refractivity contribution in [3.8, 4) is 0 Å². The van der Waals surface area contributed by atoms with E-state index >= 15 is 0 Å². The Balaban J connectivity index is 0.000000368. The van der Waals surface area contributed by atoms with E-state index < -0.39 is 0 Å². The molecule has 4 nitrogen and oxygen atoms in total. The molecule has 0 radical (unpaired) electrons. The molecule has 0 saturated heterocycles. The standard InChI is InChI=1S/C14H13ClN4.C5H10/c1-9-6-18-14(16)19(9)8-10-2-3-13-11(4-10)5-12(15)7-17-13;1-3-5-4-2/h2-7H,8H2,1H3,(H2,16,18);3H,1,4-5H2,2H3. The molecule has 24 heavy (non-hydrogen) atoms. The number of aryl methyl sites for hydroxylation is 1. The number of nitrogen functional groups attached to an aromatic ring is 1. The lowest BCUT2D eigenvalue weighted by molar-refractivity contribution is 0.784. The Morgan fingerprint density at radius 2 is 2.04 bits per heavy atom. The smallest absolute Gasteiger partial charge is 0.200 e. The molecule has 2 heterocycles. The number of halogens is 1. The number of imidazole rings is 1. The van der Waals surface area contributed by atoms with Crippen molar-refractivity contribution in [3.05, 3.63) is 65.6 Å². The first-order chi connectivity index (χ1) is 11.5. The van der Waals surface area contributed by atoms with Crippen LogP contribution in [0.15, 0.2) is 49.3 Å². The fraction of sp³-hybridized carbons (Fsp3) is 0.263. The highest BCUT2D eigenvalue weighted by Gasteiger charge is 2.05. The molecule has 0 amide bonds. The number of nitrogens with zero attached hydrogens (tertiary/aromatic N) is 3. The van der Waals surface area contributed by atoms with Gasteiger partial charge in [-0.05, 0) is 37.1 Å². The van der Waals surface area contributed by atoms with Crippen molar-refractivity contribution < 1.29 is 0 Å². The second-order valence-electron chi connectivity index (χ2n) is 5.60. The lowest BCUT2D eigenvalue weighted by Gasteiger charge is -2.08. The van der Waals surface area contributed by atoms with Crippen LogP contribution in [0.1, 0.15) is 31.0 Å². The molecular weight excluding hydrogens is 320 g/mol. The number of allylic oxidation sites excluding steroid dienone is 1. The van der Waals surface area contributed by atoms with Crippen LogP contribution in [0.2, 0.25) is 5.02 Å². The molecule has 1 aromatic carbocycles. The molecule has 5 heteroatoms. The number of unbranched alkanes of at least 4 members (excludes halogenated alkanes) is 1. The minimum Gasteiger partial charge on any atom is -0.369 e. The van der Waals surface area contributed by atoms with Gasteiger partial charge >= 0.3 is 0 Å². The fourth-order valence-electron chi connectivity index (χ4n) is 2.32. The Kier molecular flexibility index (Phi) is 6.38. The predicted molar refractivity (Wildman–Crippen MR) is 102 cm³/mol. The molecular formula is C19H23ClN4. The van der Waals surface area contributed by atoms with Crippen molar-refractivity contribution in [2.45, 2.75) is 33.2 Å². The molecule has 3 aromatic rings. The van der Waals surface area contributed by atoms with Crippen molar-refractivity contribution in [1.82, 2.24) is 14.5 Å². The fourth-order valence-corrected chi connectivity index (χ4v) is 2.49. The van der Waals surface area contributed by atoms with Gasteiger partial charge in [0.2, 0.25) is 5.95 Å². The van der Waals surface area contributed by atoms with E-state index in [4.69, 9.17) is 17.3 Å². The van der Waals surface area contributed by atoms with Gasteiger partial charge in [0, 0.05) is 17.3 Å². The van der Waals surface area contributed by atoms with E-state index in [1.807, 2.05) is 35.8 Å². The Morgan fingerprint density at radius 1 is 1.25 bits per heavy atom. The number of pyridine rings is 1. The SMILES string of the molecule is C=CCCC.Cc1cnc(N)n1Cc1ccc2ncc(Cl)cc2c1. The van der Waals surface area contributed by atoms with Gasteiger partial charge in [0.05, 0.1) is 23.3 Å². The van der Waals surface area contributed by atoms with Gasteiger partial charge in [0.15, 0.2) is 0 Å². The second kappa shape index (κ2) is 8.50. The number of hydrogen-bond donors (Lipinski definition) is 1. The van der Waals surface area contributed by atoms with Crippen LogP contribution in [0.25, 0.3) is 10.9 Å². The third kappa shape index (κ3) is 4.59. The third-order valence-electron chi connectivity index (χ3n) is 3.63. The summed E-state index contributed by atoms with van der Waals surface area (Å²) in [5.41, 5.74) is 8.96. The summed E-state index contributed by atoms with van der Waals surface area (Å²) in [6.45, 7) is 8.37. The Labute approximate surface area is 148 Å². The quantitative estimate of drug-likeness (QED) is 0.679. The summed E-state index contributed by atoms with van der Waals surface area (Å²) in [6, 6.07) is 8.02. The first-order valence-electron chi connectivity index (χ1n) is 7.97. The van der Waals surface area contributed by atoms with Crippen LogP contribution in [0.3, 0.4) is 0 Å². The molecule has 0 bridgehead atoms. The van der Waals surface area contributed by atoms with E-state index in [2.05, 4.69) is 29.5 Å². The summed E-state index contributed by atoms with van der Waals surface area (Å²) < 4.78 is 1.97. The summed E-state index contributed by atoms with van der Waals surface area (Å²) in [5.74, 6) is 0.529. The van der Waals surface area contributed by atoms with Gasteiger partial charge in [0.1, 0.15) is 0 Å². The minimum atomic E-state index is 0.529. The molecule has 2 aromatic heterocycles. The zero-order valence-corrected chi connectivity index (χ0v) is 14.9. The zero-order chi connectivity index (χ0) is 17.5. The number of anilines is 1. The van der Waals surface area contributed by atoms with Crippen LogP contribution in [-0.4, -0.2) is 14.5 Å². The van der Waals surface area contributed by atoms with E-state index in [0.717, 1.165) is 28.6 Å². The molecule has 0 unspecified atom stereocenters. The molecule has 0 atom stereocenters. The van der Waals surface area contributed by atoms with Crippen molar-refractivity contribution >= 4 is 28.5 Å². The Bertz CT molecular complexity index is 804. The Hall–Kier alpha value is -2.33. The number of aromatic nitrogens is 3. The zero-order valence-electron chi connectivity index (χ0n) is 14.2. The highest BCUT2D eigenvalue weighted by atomic mass is 35.5. The Morgan fingerprint density at radius 3 is 2.62 bits per heavy atom. The first kappa shape index (κ1) is 18.0. The topological polar surface area (TPSA) is 56.7 Å². The first-order valence-corrected chi connectivity index (χ1v) is 8.35. The van der Waals surface area contributed by atoms with Crippen molar-refractivity contribution in [3.63, 3.8) is 0 Å². The highest BCUT2D eigenvalue weighted by Crippen LogP contribution is 2.19. The molecule has 0 saturated carbocycles. The van der Waals surface area contributed by atoms with Gasteiger partial charge in [-0.25, -0.2) is 4.98 Å². The van der Waals surface area contributed by atoms with Crippen LogP contribution in [0, 0.1) is 6.92 Å². The summed E-state index contributed by atoms with van der Waals surface area (Å²) in [4.78, 5) is 8.37. The van der Waals surface area contributed by atoms with Crippen molar-refractivity contribution in [1.29, 1.82) is 0 Å². The van der Waals surface area contributed by atoms with Crippen LogP contribution < -0.4 is 5.73 Å². The summed E-state index contributed by atoms with van der Waals surface area (Å²) >= 11 is 5.97. The van der Waals surface area contributed by atoms with Gasteiger partial charge in [-0.15, -0.1) is 6.58 Å². The summed E-state index contributed by atoms with van der Waals surface area (Å²) in [7, 11) is 0. The number of benzene rings is 1. The second-order valence-corrected chi connectivity index (χ2v) is 6.04. The normalized spacial score (nSPS) is 10.3. The number of fused-ring (bicyclic) bond motifs is 1. The van der Waals surface area contributed by atoms with Gasteiger partial charge in [-0.2, -0.15) is 0 Å². The third-order valence-corrected chi connectivity index (χ3v) is 3.84. The molecule has 0 aliphatic rings. The maximum absolute atomic E-state index is 5.97. The van der Waals surface area contributed by atoms with Crippen LogP contribution in [0.4, 0.5) is 5.95 Å². The predicted octanol–water partition coefficient (Wildman–Crippen LogP) is 5.00. The number of rotatable bonds is 4. The summed E-state index contributed by atoms with van der Waals surface area (Å²) in [6.07, 6.45) is 7.74. The van der Waals surface area contributed by atoms with Crippen molar-refractivity contribution in [2.75, 3.05) is 5.73 Å². The average Bonchev–Trinajstić information content (AvgIpc) is 2.88. The van der Waals surface area contributed by atoms with E-state index in [9.17, 15) is 0 Å². The van der Waals surface area contributed by atoms with E-state index in [0.29, 0.717) is 17.5 Å². The van der Waals surface area contributed by atoms with Crippen LogP contribution in [-0.2, 0) is 6.54 Å². The van der Waals surface area contributed by atoms with E-state index in [1.54, 1.807) is 12.4 Å². The monoisotopic (exact) mass is 342 g/mol. The molecule has 0 spiro atoms. The van der Waals surface area contributed by atoms with Gasteiger partial charge in [-0.1, -0.05) is 37.1 Å². The molecule has 0 aliphatic heterocycles. The number of nitrogens with two attached hydrogens (primary N) is 1. The van der Waals surface area contributed by atoms with Crippen LogP contribution in [0.5, 0.6) is 0 Å². The molecule has 126 valence electrons. The molecule has 3 rings (SSSR count). The van der Waals surface area contributed by atoms with E-state index in [1.165, 1.54) is 6.42 Å². The lowest BCUT2D eigenvalue weighted by atomic mass is 10.1. The summed E-state index contributed by atoms with van der Waals surface area (Å²) in [5, 5.41) is 1.67.